The normalized spacial score (nSPS) is 33.3. The Morgan fingerprint density at radius 3 is 0.736 bits per heavy atom. The molecule has 0 aromatic rings. The molecule has 16 rings (SSSR count). The van der Waals surface area contributed by atoms with Crippen molar-refractivity contribution in [1.29, 1.82) is 0 Å². The van der Waals surface area contributed by atoms with Crippen LogP contribution >= 0.6 is 0 Å². The molecule has 16 aliphatic carbocycles. The summed E-state index contributed by atoms with van der Waals surface area (Å²) in [6.07, 6.45) is 70.0. The Morgan fingerprint density at radius 1 is 0.208 bits per heavy atom. The topological polar surface area (TPSA) is 0 Å². The fourth-order valence-corrected chi connectivity index (χ4v) is 23.7. The van der Waals surface area contributed by atoms with Gasteiger partial charge < -0.3 is 0 Å². The lowest BCUT2D eigenvalue weighted by Crippen LogP contribution is -2.53. The van der Waals surface area contributed by atoms with Crippen molar-refractivity contribution < 1.29 is 0 Å². The molecule has 0 aromatic carbocycles. The summed E-state index contributed by atoms with van der Waals surface area (Å²) in [5.74, 6) is 11.8. The first-order chi connectivity index (χ1) is 49.6. The van der Waals surface area contributed by atoms with Gasteiger partial charge in [0.15, 0.2) is 0 Å². The molecular weight excluding hydrogens is 1270 g/mol. The van der Waals surface area contributed by atoms with Crippen LogP contribution in [-0.2, 0) is 0 Å². The molecule has 0 heteroatoms. The largest absolute Gasteiger partial charge is 0.0683 e. The van der Waals surface area contributed by atoms with Crippen LogP contribution in [-0.4, -0.2) is 0 Å². The quantitative estimate of drug-likeness (QED) is 0.212. The van der Waals surface area contributed by atoms with E-state index in [0.29, 0.717) is 54.1 Å². The highest BCUT2D eigenvalue weighted by molar-refractivity contribution is 5.07. The second kappa shape index (κ2) is 53.3. The van der Waals surface area contributed by atoms with E-state index in [2.05, 4.69) is 159 Å². The highest BCUT2D eigenvalue weighted by Crippen LogP contribution is 2.66. The lowest BCUT2D eigenvalue weighted by atomic mass is 9.42. The molecule has 8 unspecified atom stereocenters. The Morgan fingerprint density at radius 2 is 0.491 bits per heavy atom. The predicted octanol–water partition coefficient (Wildman–Crippen LogP) is 38.7. The van der Waals surface area contributed by atoms with Crippen LogP contribution in [0.2, 0.25) is 0 Å². The van der Waals surface area contributed by atoms with Gasteiger partial charge in [0.1, 0.15) is 0 Å². The van der Waals surface area contributed by atoms with E-state index < -0.39 is 0 Å². The smallest absolute Gasteiger partial charge is 0.0297 e. The number of hydrogen-bond acceptors (Lipinski definition) is 0. The van der Waals surface area contributed by atoms with Crippen LogP contribution in [0.1, 0.15) is 558 Å². The molecule has 16 aliphatic rings. The van der Waals surface area contributed by atoms with Crippen LogP contribution in [0.25, 0.3) is 0 Å². The molecule has 106 heavy (non-hydrogen) atoms. The molecule has 0 radical (unpaired) electrons. The fraction of sp³-hybridized carbons (Fsp3) is 1.00. The zero-order valence-electron chi connectivity index (χ0n) is 82.1. The van der Waals surface area contributed by atoms with Gasteiger partial charge in [-0.1, -0.05) is 410 Å². The van der Waals surface area contributed by atoms with Gasteiger partial charge in [0.25, 0.3) is 0 Å². The van der Waals surface area contributed by atoms with Crippen molar-refractivity contribution in [2.24, 2.45) is 125 Å². The summed E-state index contributed by atoms with van der Waals surface area (Å²) < 4.78 is 0. The molecule has 0 aliphatic heterocycles. The maximum absolute atomic E-state index is 2.55. The molecule has 16 fully saturated rings. The predicted molar refractivity (Wildman–Crippen MR) is 492 cm³/mol. The molecule has 0 spiro atoms. The van der Waals surface area contributed by atoms with Gasteiger partial charge in [-0.2, -0.15) is 0 Å². The maximum atomic E-state index is 2.55. The maximum Gasteiger partial charge on any atom is -0.0297 e. The molecule has 640 valence electrons. The molecule has 0 amide bonds. The third-order valence-electron chi connectivity index (χ3n) is 30.6. The van der Waals surface area contributed by atoms with E-state index >= 15 is 0 Å². The van der Waals surface area contributed by atoms with Gasteiger partial charge >= 0.3 is 0 Å². The van der Waals surface area contributed by atoms with Gasteiger partial charge in [-0.05, 0) is 272 Å². The molecule has 0 nitrogen and oxygen atoms in total. The zero-order chi connectivity index (χ0) is 82.1. The zero-order valence-corrected chi connectivity index (χ0v) is 82.1. The van der Waals surface area contributed by atoms with E-state index in [1.165, 1.54) is 276 Å². The lowest BCUT2D eigenvalue weighted by Gasteiger charge is -2.63. The Kier molecular flexibility index (Phi) is 54.3. The Labute approximate surface area is 678 Å². The van der Waals surface area contributed by atoms with Crippen molar-refractivity contribution in [3.8, 4) is 0 Å². The molecule has 16 saturated carbocycles. The number of rotatable bonds is 0. The molecule has 0 aromatic heterocycles. The molecule has 0 N–H and O–H groups in total. The van der Waals surface area contributed by atoms with Crippen molar-refractivity contribution in [2.45, 2.75) is 558 Å². The highest BCUT2D eigenvalue weighted by Gasteiger charge is 2.57. The molecule has 6 bridgehead atoms. The average Bonchev–Trinajstić information content (AvgIpc) is 1.15. The SMILES string of the molecule is CC.CC.CC.CC.CC.CC.CC.CC1(C)CC2CCC1C2.CC1(C)CCCC1.CC1(C)CCCC2CCCC21.CC1(C)CCCC2CCCCC21.CC1(C)CCCCC1.CC1(C)CCCCCC1.CC1(C)CCCCCCC1.CC12CC3CC(C1)C(C)(C)C(C3)C2.CC1CC(C)(C)C1.C[C@H]1CC1(C)C. The van der Waals surface area contributed by atoms with Crippen LogP contribution < -0.4 is 0 Å². The average molecular weight is 1490 g/mol. The summed E-state index contributed by atoms with van der Waals surface area (Å²) in [4.78, 5) is 0. The van der Waals surface area contributed by atoms with Gasteiger partial charge in [0.05, 0.1) is 0 Å². The number of fused-ring (bicyclic) bond motifs is 4. The number of hydrogen-bond donors (Lipinski definition) is 0. The first-order valence-corrected chi connectivity index (χ1v) is 49.6. The minimum atomic E-state index is 0.653. The van der Waals surface area contributed by atoms with E-state index in [4.69, 9.17) is 0 Å². The minimum Gasteiger partial charge on any atom is -0.0683 e. The van der Waals surface area contributed by atoms with Gasteiger partial charge in [0.2, 0.25) is 0 Å². The first-order valence-electron chi connectivity index (χ1n) is 49.6. The van der Waals surface area contributed by atoms with Crippen LogP contribution in [0.15, 0.2) is 0 Å². The van der Waals surface area contributed by atoms with Crippen LogP contribution in [0.3, 0.4) is 0 Å². The third kappa shape index (κ3) is 41.5. The Hall–Kier alpha value is 0. The standard InChI is InChI=1S/C13H22.C12H22.C11H20.C10H20.C9H16.C9H18.C8H16.2C7H14.C6H12.7C2H6/c1-12(2)10-4-9-5-11(12)8-13(3,6-9)7-10;1-12(2)9-5-7-10-6-3-4-8-11(10)12;1-11(2)8-4-6-9-5-3-7-10(9)11;1-10(2)8-6-4-3-5-7-9-10;1-9(2)6-7-3-4-8(9)5-7;1-9(2)7-5-3-4-6-8-9;1-8(2)6-4-3-5-7-8;1-6-4-7(2,3)5-6;1-7(2)5-3-4-6-7;1-5-4-6(5,2)3;7*1-2/h9-11H,4-8H2,1-3H3;10-11H,3-9H2,1-2H3;9-10H,3-8H2,1-2H3;3-9H2,1-2H3;7-8H,3-6H2,1-2H3;3-8H2,1-2H3;3-7H2,1-2H3;6H,4-5H2,1-3H3;3-6H2,1-2H3;5H,4H2,1-3H3;7*1-2H3/t;;;;;;;;;5-;;;;;;;/m.........0......./s1. The Balaban J connectivity index is 0. The van der Waals surface area contributed by atoms with Crippen molar-refractivity contribution in [3.05, 3.63) is 0 Å². The van der Waals surface area contributed by atoms with E-state index in [0.717, 1.165) is 70.5 Å². The second-order valence-electron chi connectivity index (χ2n) is 44.6. The summed E-state index contributed by atoms with van der Waals surface area (Å²) in [5.41, 5.74) is 7.59. The summed E-state index contributed by atoms with van der Waals surface area (Å²) >= 11 is 0. The van der Waals surface area contributed by atoms with Crippen molar-refractivity contribution in [1.82, 2.24) is 0 Å². The summed E-state index contributed by atoms with van der Waals surface area (Å²) in [6.45, 7) is 83.5. The molecule has 0 saturated heterocycles. The van der Waals surface area contributed by atoms with E-state index in [-0.39, 0.29) is 0 Å². The summed E-state index contributed by atoms with van der Waals surface area (Å²) in [7, 11) is 0. The minimum absolute atomic E-state index is 0.653. The van der Waals surface area contributed by atoms with Crippen molar-refractivity contribution in [3.63, 3.8) is 0 Å². The molecule has 9 atom stereocenters. The van der Waals surface area contributed by atoms with Gasteiger partial charge in [-0.15, -0.1) is 0 Å². The second-order valence-corrected chi connectivity index (χ2v) is 44.6. The van der Waals surface area contributed by atoms with Crippen molar-refractivity contribution in [2.75, 3.05) is 0 Å². The fourth-order valence-electron chi connectivity index (χ4n) is 23.7. The molecule has 0 heterocycles. The van der Waals surface area contributed by atoms with E-state index in [1.807, 2.05) is 96.9 Å². The summed E-state index contributed by atoms with van der Waals surface area (Å²) in [5, 5.41) is 0. The molecular formula is C106H216. The van der Waals surface area contributed by atoms with Gasteiger partial charge in [0, 0.05) is 0 Å². The summed E-state index contributed by atoms with van der Waals surface area (Å²) in [6, 6.07) is 0. The van der Waals surface area contributed by atoms with Crippen molar-refractivity contribution >= 4 is 0 Å². The van der Waals surface area contributed by atoms with Gasteiger partial charge in [-0.3, -0.25) is 0 Å². The van der Waals surface area contributed by atoms with Gasteiger partial charge in [-0.25, -0.2) is 0 Å². The lowest BCUT2D eigenvalue weighted by molar-refractivity contribution is -0.128. The van der Waals surface area contributed by atoms with Crippen LogP contribution in [0.5, 0.6) is 0 Å². The first kappa shape index (κ1) is 108. The van der Waals surface area contributed by atoms with Crippen LogP contribution in [0.4, 0.5) is 0 Å². The van der Waals surface area contributed by atoms with Crippen LogP contribution in [0, 0.1) is 125 Å². The van der Waals surface area contributed by atoms with E-state index in [1.54, 1.807) is 25.7 Å². The Bertz CT molecular complexity index is 1990. The van der Waals surface area contributed by atoms with E-state index in [9.17, 15) is 0 Å². The third-order valence-corrected chi connectivity index (χ3v) is 30.6. The highest BCUT2D eigenvalue weighted by atomic mass is 14.6. The monoisotopic (exact) mass is 1490 g/mol.